The summed E-state index contributed by atoms with van der Waals surface area (Å²) in [6, 6.07) is 5.94. The first-order chi connectivity index (χ1) is 7.26. The molecule has 1 atom stereocenters. The van der Waals surface area contributed by atoms with E-state index in [2.05, 4.69) is 12.1 Å². The summed E-state index contributed by atoms with van der Waals surface area (Å²) in [5, 5.41) is 12.4. The van der Waals surface area contributed by atoms with Crippen LogP contribution in [0.5, 0.6) is 5.75 Å². The van der Waals surface area contributed by atoms with Crippen molar-refractivity contribution in [1.29, 1.82) is 0 Å². The van der Waals surface area contributed by atoms with Gasteiger partial charge in [0, 0.05) is 11.5 Å². The molecular formula is C12H15NO2. The van der Waals surface area contributed by atoms with E-state index in [-0.39, 0.29) is 0 Å². The van der Waals surface area contributed by atoms with Gasteiger partial charge in [0.15, 0.2) is 0 Å². The molecule has 1 aliphatic carbocycles. The van der Waals surface area contributed by atoms with Crippen LogP contribution in [0, 0.1) is 5.92 Å². The molecule has 80 valence electrons. The van der Waals surface area contributed by atoms with E-state index >= 15 is 0 Å². The Kier molecular flexibility index (Phi) is 2.62. The predicted octanol–water partition coefficient (Wildman–Crippen LogP) is 2.46. The highest BCUT2D eigenvalue weighted by molar-refractivity contribution is 6.04. The second-order valence-electron chi connectivity index (χ2n) is 3.95. The lowest BCUT2D eigenvalue weighted by atomic mass is 9.83. The van der Waals surface area contributed by atoms with Crippen LogP contribution in [0.1, 0.15) is 24.5 Å². The summed E-state index contributed by atoms with van der Waals surface area (Å²) in [6.07, 6.45) is 2.08. The number of hydrogen-bond acceptors (Lipinski definition) is 3. The molecule has 0 amide bonds. The maximum atomic E-state index is 9.02. The Morgan fingerprint density at radius 1 is 1.47 bits per heavy atom. The number of aryl methyl sites for hydroxylation is 1. The third-order valence-corrected chi connectivity index (χ3v) is 3.01. The Hall–Kier alpha value is -1.51. The van der Waals surface area contributed by atoms with Crippen LogP contribution in [-0.2, 0) is 6.42 Å². The van der Waals surface area contributed by atoms with Crippen LogP contribution in [0.15, 0.2) is 23.4 Å². The highest BCUT2D eigenvalue weighted by Crippen LogP contribution is 2.28. The van der Waals surface area contributed by atoms with Gasteiger partial charge in [0.05, 0.1) is 12.8 Å². The van der Waals surface area contributed by atoms with Crippen molar-refractivity contribution in [3.63, 3.8) is 0 Å². The van der Waals surface area contributed by atoms with Gasteiger partial charge < -0.3 is 9.94 Å². The lowest BCUT2D eigenvalue weighted by Gasteiger charge is -2.22. The van der Waals surface area contributed by atoms with E-state index in [9.17, 15) is 0 Å². The fraction of sp³-hybridized carbons (Fsp3) is 0.417. The molecule has 0 bridgehead atoms. The van der Waals surface area contributed by atoms with Crippen molar-refractivity contribution in [2.75, 3.05) is 7.11 Å². The average Bonchev–Trinajstić information content (AvgIpc) is 2.28. The summed E-state index contributed by atoms with van der Waals surface area (Å²) in [5.74, 6) is 1.12. The SMILES string of the molecule is COc1ccc2c(c1)C(=NO)C(C)CC2. The largest absolute Gasteiger partial charge is 0.497 e. The Morgan fingerprint density at radius 3 is 2.93 bits per heavy atom. The lowest BCUT2D eigenvalue weighted by molar-refractivity contribution is 0.314. The molecule has 0 fully saturated rings. The van der Waals surface area contributed by atoms with Crippen LogP contribution in [-0.4, -0.2) is 18.0 Å². The highest BCUT2D eigenvalue weighted by Gasteiger charge is 2.22. The molecule has 0 saturated heterocycles. The van der Waals surface area contributed by atoms with Gasteiger partial charge in [0.2, 0.25) is 0 Å². The molecule has 0 heterocycles. The molecule has 15 heavy (non-hydrogen) atoms. The Bertz CT molecular complexity index is 399. The molecule has 0 spiro atoms. The van der Waals surface area contributed by atoms with Gasteiger partial charge in [-0.25, -0.2) is 0 Å². The third-order valence-electron chi connectivity index (χ3n) is 3.01. The molecule has 1 unspecified atom stereocenters. The second-order valence-corrected chi connectivity index (χ2v) is 3.95. The Labute approximate surface area is 89.4 Å². The molecule has 0 saturated carbocycles. The van der Waals surface area contributed by atoms with Crippen LogP contribution in [0.2, 0.25) is 0 Å². The first-order valence-electron chi connectivity index (χ1n) is 5.15. The first kappa shape index (κ1) is 10.0. The zero-order chi connectivity index (χ0) is 10.8. The van der Waals surface area contributed by atoms with Gasteiger partial charge >= 0.3 is 0 Å². The smallest absolute Gasteiger partial charge is 0.119 e. The summed E-state index contributed by atoms with van der Waals surface area (Å²) in [5.41, 5.74) is 3.03. The molecule has 0 aliphatic heterocycles. The number of methoxy groups -OCH3 is 1. The van der Waals surface area contributed by atoms with Gasteiger partial charge in [-0.15, -0.1) is 0 Å². The third kappa shape index (κ3) is 1.69. The van der Waals surface area contributed by atoms with Gasteiger partial charge in [-0.3, -0.25) is 0 Å². The van der Waals surface area contributed by atoms with Crippen LogP contribution in [0.4, 0.5) is 0 Å². The van der Waals surface area contributed by atoms with Crippen LogP contribution >= 0.6 is 0 Å². The number of hydrogen-bond donors (Lipinski definition) is 1. The summed E-state index contributed by atoms with van der Waals surface area (Å²) in [6.45, 7) is 2.08. The van der Waals surface area contributed by atoms with Gasteiger partial charge in [0.25, 0.3) is 0 Å². The second kappa shape index (κ2) is 3.93. The van der Waals surface area contributed by atoms with E-state index in [0.717, 1.165) is 29.9 Å². The van der Waals surface area contributed by atoms with Crippen molar-refractivity contribution >= 4 is 5.71 Å². The fourth-order valence-electron chi connectivity index (χ4n) is 2.07. The van der Waals surface area contributed by atoms with E-state index in [0.29, 0.717) is 5.92 Å². The number of nitrogens with zero attached hydrogens (tertiary/aromatic N) is 1. The van der Waals surface area contributed by atoms with Gasteiger partial charge in [-0.1, -0.05) is 18.1 Å². The van der Waals surface area contributed by atoms with Crippen LogP contribution in [0.3, 0.4) is 0 Å². The molecule has 1 N–H and O–H groups in total. The predicted molar refractivity (Wildman–Crippen MR) is 58.8 cm³/mol. The normalized spacial score (nSPS) is 22.5. The number of ether oxygens (including phenoxy) is 1. The van der Waals surface area contributed by atoms with Gasteiger partial charge in [-0.2, -0.15) is 0 Å². The summed E-state index contributed by atoms with van der Waals surface area (Å²) >= 11 is 0. The zero-order valence-electron chi connectivity index (χ0n) is 9.03. The molecule has 3 nitrogen and oxygen atoms in total. The molecule has 3 heteroatoms. The standard InChI is InChI=1S/C12H15NO2/c1-8-3-4-9-5-6-10(15-2)7-11(9)12(8)13-14/h5-8,14H,3-4H2,1-2H3. The maximum absolute atomic E-state index is 9.02. The van der Waals surface area contributed by atoms with Crippen molar-refractivity contribution in [2.45, 2.75) is 19.8 Å². The van der Waals surface area contributed by atoms with E-state index in [1.807, 2.05) is 18.2 Å². The quantitative estimate of drug-likeness (QED) is 0.565. The van der Waals surface area contributed by atoms with Crippen LogP contribution in [0.25, 0.3) is 0 Å². The number of fused-ring (bicyclic) bond motifs is 1. The van der Waals surface area contributed by atoms with E-state index in [4.69, 9.17) is 9.94 Å². The average molecular weight is 205 g/mol. The number of rotatable bonds is 1. The fourth-order valence-corrected chi connectivity index (χ4v) is 2.07. The minimum atomic E-state index is 0.314. The Morgan fingerprint density at radius 2 is 2.27 bits per heavy atom. The van der Waals surface area contributed by atoms with Gasteiger partial charge in [-0.05, 0) is 30.5 Å². The van der Waals surface area contributed by atoms with E-state index in [1.165, 1.54) is 5.56 Å². The van der Waals surface area contributed by atoms with Gasteiger partial charge in [0.1, 0.15) is 5.75 Å². The first-order valence-corrected chi connectivity index (χ1v) is 5.15. The maximum Gasteiger partial charge on any atom is 0.119 e. The zero-order valence-corrected chi connectivity index (χ0v) is 9.03. The molecule has 0 radical (unpaired) electrons. The monoisotopic (exact) mass is 205 g/mol. The van der Waals surface area contributed by atoms with Crippen molar-refractivity contribution in [3.8, 4) is 5.75 Å². The van der Waals surface area contributed by atoms with Crippen molar-refractivity contribution in [1.82, 2.24) is 0 Å². The highest BCUT2D eigenvalue weighted by atomic mass is 16.5. The van der Waals surface area contributed by atoms with E-state index < -0.39 is 0 Å². The van der Waals surface area contributed by atoms with E-state index in [1.54, 1.807) is 7.11 Å². The van der Waals surface area contributed by atoms with Crippen molar-refractivity contribution in [3.05, 3.63) is 29.3 Å². The summed E-state index contributed by atoms with van der Waals surface area (Å²) in [7, 11) is 1.64. The molecule has 1 aliphatic rings. The molecular weight excluding hydrogens is 190 g/mol. The molecule has 1 aromatic rings. The molecule has 1 aromatic carbocycles. The van der Waals surface area contributed by atoms with Crippen LogP contribution < -0.4 is 4.74 Å². The number of oxime groups is 1. The summed E-state index contributed by atoms with van der Waals surface area (Å²) in [4.78, 5) is 0. The Balaban J connectivity index is 2.50. The lowest BCUT2D eigenvalue weighted by Crippen LogP contribution is -2.21. The molecule has 2 rings (SSSR count). The topological polar surface area (TPSA) is 41.8 Å². The minimum Gasteiger partial charge on any atom is -0.497 e. The summed E-state index contributed by atoms with van der Waals surface area (Å²) < 4.78 is 5.17. The molecule has 0 aromatic heterocycles. The van der Waals surface area contributed by atoms with Crippen molar-refractivity contribution in [2.24, 2.45) is 11.1 Å². The number of benzene rings is 1. The van der Waals surface area contributed by atoms with Crippen molar-refractivity contribution < 1.29 is 9.94 Å². The minimum absolute atomic E-state index is 0.314.